The van der Waals surface area contributed by atoms with Gasteiger partial charge in [0.15, 0.2) is 5.78 Å². The minimum absolute atomic E-state index is 0.134. The number of aromatic carboxylic acids is 3. The summed E-state index contributed by atoms with van der Waals surface area (Å²) in [6, 6.07) is 11.2. The molecule has 0 radical (unpaired) electrons. The molecule has 5 N–H and O–H groups in total. The van der Waals surface area contributed by atoms with Gasteiger partial charge in [-0.1, -0.05) is 5.04 Å². The zero-order valence-electron chi connectivity index (χ0n) is 21.2. The standard InChI is InChI=1S/C25H19N5O11S/c1-12(31)21(22(32)26-17-9-13(23(33)34)8-14(10-17)24(35)36)30-29-20-7-4-16(11-19(20)25(37)38)28-27-15-2-5-18(6-3-15)42-41-40-39/h2-11,21,39H,1H3,(H,26,32)(H,33,34)(H,35,36)(H,37,38). The summed E-state index contributed by atoms with van der Waals surface area (Å²) in [5.74, 6) is -6.16. The van der Waals surface area contributed by atoms with Crippen LogP contribution in [0.3, 0.4) is 0 Å². The summed E-state index contributed by atoms with van der Waals surface area (Å²) in [7, 11) is 0. The van der Waals surface area contributed by atoms with Gasteiger partial charge in [0.05, 0.1) is 45.8 Å². The number of hydrogen-bond donors (Lipinski definition) is 5. The van der Waals surface area contributed by atoms with Crippen molar-refractivity contribution in [1.29, 1.82) is 0 Å². The molecule has 1 unspecified atom stereocenters. The summed E-state index contributed by atoms with van der Waals surface area (Å²) in [5.41, 5.74) is -1.11. The number of anilines is 1. The first-order chi connectivity index (χ1) is 20.0. The van der Waals surface area contributed by atoms with Crippen molar-refractivity contribution in [3.05, 3.63) is 77.4 Å². The SMILES string of the molecule is CC(=O)C(N=Nc1ccc(N=Nc2ccc(SOOO)cc2)cc1C(=O)O)C(=O)Nc1cc(C(=O)O)cc(C(=O)O)c1. The molecule has 216 valence electrons. The Kier molecular flexibility index (Phi) is 10.6. The predicted molar refractivity (Wildman–Crippen MR) is 143 cm³/mol. The van der Waals surface area contributed by atoms with Crippen LogP contribution >= 0.6 is 12.0 Å². The first-order valence-electron chi connectivity index (χ1n) is 11.4. The number of nitrogens with zero attached hydrogens (tertiary/aromatic N) is 4. The molecular formula is C25H19N5O11S. The van der Waals surface area contributed by atoms with Crippen molar-refractivity contribution in [2.24, 2.45) is 20.5 Å². The summed E-state index contributed by atoms with van der Waals surface area (Å²) in [6.07, 6.45) is 0. The fourth-order valence-electron chi connectivity index (χ4n) is 3.18. The smallest absolute Gasteiger partial charge is 0.338 e. The molecule has 0 heterocycles. The average Bonchev–Trinajstić information content (AvgIpc) is 2.95. The number of amides is 1. The highest BCUT2D eigenvalue weighted by atomic mass is 32.2. The molecule has 0 aliphatic rings. The molecule has 3 rings (SSSR count). The van der Waals surface area contributed by atoms with Gasteiger partial charge in [0.25, 0.3) is 5.91 Å². The molecule has 0 bridgehead atoms. The Balaban J connectivity index is 1.81. The topological polar surface area (TPSA) is 246 Å². The maximum Gasteiger partial charge on any atom is 0.338 e. The Morgan fingerprint density at radius 2 is 1.38 bits per heavy atom. The number of carbonyl (C=O) groups excluding carboxylic acids is 2. The van der Waals surface area contributed by atoms with Crippen LogP contribution in [0.1, 0.15) is 38.0 Å². The van der Waals surface area contributed by atoms with Gasteiger partial charge >= 0.3 is 17.9 Å². The van der Waals surface area contributed by atoms with Gasteiger partial charge in [-0.2, -0.15) is 20.5 Å². The number of carboxylic acids is 3. The monoisotopic (exact) mass is 597 g/mol. The highest BCUT2D eigenvalue weighted by molar-refractivity contribution is 7.94. The Morgan fingerprint density at radius 1 is 0.786 bits per heavy atom. The fraction of sp³-hybridized carbons (Fsp3) is 0.0800. The van der Waals surface area contributed by atoms with E-state index < -0.39 is 46.8 Å². The minimum atomic E-state index is -1.77. The number of carbonyl (C=O) groups is 5. The lowest BCUT2D eigenvalue weighted by molar-refractivity contribution is -0.432. The molecule has 0 fully saturated rings. The van der Waals surface area contributed by atoms with Crippen LogP contribution in [0.15, 0.2) is 86.0 Å². The van der Waals surface area contributed by atoms with Gasteiger partial charge in [0, 0.05) is 10.6 Å². The van der Waals surface area contributed by atoms with Crippen molar-refractivity contribution >= 4 is 64.4 Å². The lowest BCUT2D eigenvalue weighted by atomic mass is 10.1. The highest BCUT2D eigenvalue weighted by Gasteiger charge is 2.24. The first-order valence-corrected chi connectivity index (χ1v) is 12.1. The molecule has 0 aliphatic carbocycles. The molecule has 0 spiro atoms. The van der Waals surface area contributed by atoms with Crippen LogP contribution in [0, 0.1) is 0 Å². The molecule has 16 nitrogen and oxygen atoms in total. The van der Waals surface area contributed by atoms with E-state index in [0.717, 1.165) is 43.2 Å². The van der Waals surface area contributed by atoms with E-state index in [2.05, 4.69) is 35.1 Å². The summed E-state index contributed by atoms with van der Waals surface area (Å²) in [5, 5.41) is 57.4. The van der Waals surface area contributed by atoms with E-state index in [1.165, 1.54) is 12.1 Å². The van der Waals surface area contributed by atoms with E-state index >= 15 is 0 Å². The zero-order chi connectivity index (χ0) is 30.8. The van der Waals surface area contributed by atoms with Crippen LogP contribution < -0.4 is 5.32 Å². The third kappa shape index (κ3) is 8.57. The second-order valence-corrected chi connectivity index (χ2v) is 8.83. The van der Waals surface area contributed by atoms with Crippen LogP contribution in [0.4, 0.5) is 22.7 Å². The van der Waals surface area contributed by atoms with Crippen LogP contribution in [0.25, 0.3) is 0 Å². The Labute approximate surface area is 239 Å². The van der Waals surface area contributed by atoms with E-state index in [9.17, 15) is 39.3 Å². The van der Waals surface area contributed by atoms with Crippen LogP contribution in [0.2, 0.25) is 0 Å². The molecule has 0 aromatic heterocycles. The molecular weight excluding hydrogens is 578 g/mol. The number of Topliss-reactive ketones (excluding diaryl/α,β-unsaturated/α-hetero) is 1. The number of ketones is 1. The minimum Gasteiger partial charge on any atom is -0.478 e. The molecule has 1 atom stereocenters. The third-order valence-corrected chi connectivity index (χ3v) is 5.69. The highest BCUT2D eigenvalue weighted by Crippen LogP contribution is 2.28. The van der Waals surface area contributed by atoms with E-state index in [1.807, 2.05) is 0 Å². The first kappa shape index (κ1) is 31.2. The number of hydrogen-bond acceptors (Lipinski definition) is 13. The normalized spacial score (nSPS) is 11.9. The van der Waals surface area contributed by atoms with Gasteiger partial charge in [-0.25, -0.2) is 19.6 Å². The zero-order valence-corrected chi connectivity index (χ0v) is 22.0. The van der Waals surface area contributed by atoms with Gasteiger partial charge in [-0.15, -0.1) is 4.33 Å². The van der Waals surface area contributed by atoms with E-state index in [1.54, 1.807) is 24.3 Å². The lowest BCUT2D eigenvalue weighted by Crippen LogP contribution is -2.32. The quantitative estimate of drug-likeness (QED) is 0.0553. The average molecular weight is 598 g/mol. The molecule has 17 heteroatoms. The summed E-state index contributed by atoms with van der Waals surface area (Å²) < 4.78 is 4.31. The Bertz CT molecular complexity index is 1560. The summed E-state index contributed by atoms with van der Waals surface area (Å²) in [6.45, 7) is 1.03. The lowest BCUT2D eigenvalue weighted by Gasteiger charge is -2.11. The molecule has 0 aliphatic heterocycles. The third-order valence-electron chi connectivity index (χ3n) is 5.10. The van der Waals surface area contributed by atoms with Gasteiger partial charge in [0.1, 0.15) is 0 Å². The van der Waals surface area contributed by atoms with Crippen molar-refractivity contribution in [2.75, 3.05) is 5.32 Å². The summed E-state index contributed by atoms with van der Waals surface area (Å²) in [4.78, 5) is 59.9. The second kappa shape index (κ2) is 14.3. The van der Waals surface area contributed by atoms with Crippen molar-refractivity contribution < 1.29 is 53.9 Å². The van der Waals surface area contributed by atoms with Crippen LogP contribution in [-0.4, -0.2) is 56.2 Å². The maximum atomic E-state index is 12.8. The Morgan fingerprint density at radius 3 is 1.93 bits per heavy atom. The van der Waals surface area contributed by atoms with Crippen LogP contribution in [-0.2, 0) is 19.0 Å². The molecule has 0 saturated heterocycles. The number of carboxylic acid groups (broad SMARTS) is 3. The molecule has 42 heavy (non-hydrogen) atoms. The number of rotatable bonds is 13. The van der Waals surface area contributed by atoms with Gasteiger partial charge in [-0.3, -0.25) is 9.59 Å². The summed E-state index contributed by atoms with van der Waals surface area (Å²) >= 11 is 0.746. The van der Waals surface area contributed by atoms with Gasteiger partial charge in [0.2, 0.25) is 6.04 Å². The van der Waals surface area contributed by atoms with Crippen molar-refractivity contribution in [2.45, 2.75) is 17.9 Å². The van der Waals surface area contributed by atoms with Crippen LogP contribution in [0.5, 0.6) is 0 Å². The Hall–Kier alpha value is -5.36. The van der Waals surface area contributed by atoms with Crippen molar-refractivity contribution in [1.82, 2.24) is 0 Å². The van der Waals surface area contributed by atoms with Crippen molar-refractivity contribution in [3.63, 3.8) is 0 Å². The predicted octanol–water partition coefficient (Wildman–Crippen LogP) is 5.30. The number of benzene rings is 3. The number of nitrogens with one attached hydrogen (secondary N) is 1. The molecule has 1 amide bonds. The van der Waals surface area contributed by atoms with E-state index in [4.69, 9.17) is 5.26 Å². The molecule has 3 aromatic carbocycles. The van der Waals surface area contributed by atoms with E-state index in [-0.39, 0.29) is 22.6 Å². The fourth-order valence-corrected chi connectivity index (χ4v) is 3.53. The molecule has 0 saturated carbocycles. The van der Waals surface area contributed by atoms with E-state index in [0.29, 0.717) is 10.6 Å². The number of azo groups is 2. The largest absolute Gasteiger partial charge is 0.478 e. The van der Waals surface area contributed by atoms with Gasteiger partial charge in [-0.05, 0) is 67.6 Å². The maximum absolute atomic E-state index is 12.8. The molecule has 3 aromatic rings. The van der Waals surface area contributed by atoms with Crippen molar-refractivity contribution in [3.8, 4) is 0 Å². The second-order valence-electron chi connectivity index (χ2n) is 8.05. The van der Waals surface area contributed by atoms with Gasteiger partial charge < -0.3 is 20.6 Å².